The van der Waals surface area contributed by atoms with Gasteiger partial charge in [0.05, 0.1) is 0 Å². The highest BCUT2D eigenvalue weighted by molar-refractivity contribution is 5.95. The lowest BCUT2D eigenvalue weighted by Gasteiger charge is -2.16. The molecule has 1 aromatic carbocycles. The quantitative estimate of drug-likeness (QED) is 0.827. The number of carbonyl (C=O) groups is 2. The molecule has 2 heterocycles. The fourth-order valence-corrected chi connectivity index (χ4v) is 3.31. The highest BCUT2D eigenvalue weighted by Crippen LogP contribution is 2.21. The molecule has 0 radical (unpaired) electrons. The molecule has 2 aliphatic heterocycles. The third kappa shape index (κ3) is 4.95. The van der Waals surface area contributed by atoms with E-state index < -0.39 is 0 Å². The molecule has 0 aromatic heterocycles. The molecule has 5 nitrogen and oxygen atoms in total. The van der Waals surface area contributed by atoms with E-state index in [9.17, 15) is 9.59 Å². The lowest BCUT2D eigenvalue weighted by molar-refractivity contribution is -0.121. The monoisotopic (exact) mass is 351 g/mol. The number of amides is 2. The molecule has 0 saturated carbocycles. The van der Waals surface area contributed by atoms with Crippen molar-refractivity contribution in [3.8, 4) is 0 Å². The van der Waals surface area contributed by atoms with Crippen LogP contribution >= 0.6 is 12.4 Å². The van der Waals surface area contributed by atoms with Gasteiger partial charge < -0.3 is 15.5 Å². The van der Waals surface area contributed by atoms with E-state index >= 15 is 0 Å². The molecule has 2 amide bonds. The highest BCUT2D eigenvalue weighted by Gasteiger charge is 2.21. The minimum Gasteiger partial charge on any atom is -0.352 e. The molecule has 24 heavy (non-hydrogen) atoms. The van der Waals surface area contributed by atoms with Crippen LogP contribution in [0.1, 0.15) is 44.1 Å². The summed E-state index contributed by atoms with van der Waals surface area (Å²) in [5.41, 5.74) is 2.02. The molecule has 6 heteroatoms. The molecule has 132 valence electrons. The Morgan fingerprint density at radius 1 is 1.25 bits per heavy atom. The van der Waals surface area contributed by atoms with Crippen LogP contribution < -0.4 is 15.5 Å². The maximum Gasteiger partial charge on any atom is 0.227 e. The molecule has 0 bridgehead atoms. The van der Waals surface area contributed by atoms with Crippen LogP contribution in [0.2, 0.25) is 0 Å². The fraction of sp³-hybridized carbons (Fsp3) is 0.556. The molecule has 2 saturated heterocycles. The summed E-state index contributed by atoms with van der Waals surface area (Å²) in [4.78, 5) is 25.5. The topological polar surface area (TPSA) is 61.4 Å². The normalized spacial score (nSPS) is 20.1. The average Bonchev–Trinajstić information content (AvgIpc) is 3.23. The van der Waals surface area contributed by atoms with Crippen molar-refractivity contribution in [1.82, 2.24) is 10.6 Å². The van der Waals surface area contributed by atoms with E-state index in [1.807, 2.05) is 29.2 Å². The zero-order valence-corrected chi connectivity index (χ0v) is 14.7. The molecule has 0 spiro atoms. The number of halogens is 1. The van der Waals surface area contributed by atoms with Gasteiger partial charge >= 0.3 is 0 Å². The zero-order valence-electron chi connectivity index (χ0n) is 13.9. The van der Waals surface area contributed by atoms with Crippen LogP contribution in [0.5, 0.6) is 0 Å². The summed E-state index contributed by atoms with van der Waals surface area (Å²) in [6, 6.07) is 8.41. The SMILES string of the molecule is Cl.O=C(CCC1CCCN1)NCc1ccc(N2CCCC2=O)cc1. The van der Waals surface area contributed by atoms with Crippen molar-refractivity contribution in [3.05, 3.63) is 29.8 Å². The van der Waals surface area contributed by atoms with Crippen LogP contribution in [-0.2, 0) is 16.1 Å². The van der Waals surface area contributed by atoms with Crippen molar-refractivity contribution in [3.63, 3.8) is 0 Å². The Morgan fingerprint density at radius 3 is 2.67 bits per heavy atom. The van der Waals surface area contributed by atoms with Crippen molar-refractivity contribution in [1.29, 1.82) is 0 Å². The van der Waals surface area contributed by atoms with Crippen molar-refractivity contribution in [2.24, 2.45) is 0 Å². The Morgan fingerprint density at radius 2 is 2.04 bits per heavy atom. The lowest BCUT2D eigenvalue weighted by Crippen LogP contribution is -2.27. The van der Waals surface area contributed by atoms with Crippen LogP contribution in [0.15, 0.2) is 24.3 Å². The maximum atomic E-state index is 11.9. The van der Waals surface area contributed by atoms with Crippen LogP contribution in [0.3, 0.4) is 0 Å². The van der Waals surface area contributed by atoms with E-state index in [1.165, 1.54) is 12.8 Å². The Hall–Kier alpha value is -1.59. The fourth-order valence-electron chi connectivity index (χ4n) is 3.31. The summed E-state index contributed by atoms with van der Waals surface area (Å²) in [5.74, 6) is 0.309. The minimum absolute atomic E-state index is 0. The van der Waals surface area contributed by atoms with E-state index in [0.29, 0.717) is 25.4 Å². The standard InChI is InChI=1S/C18H25N3O2.ClH/c22-17(10-7-15-3-1-11-19-15)20-13-14-5-8-16(9-6-14)21-12-2-4-18(21)23;/h5-6,8-9,15,19H,1-4,7,10-13H2,(H,20,22);1H. The zero-order chi connectivity index (χ0) is 16.1. The van der Waals surface area contributed by atoms with Gasteiger partial charge in [-0.2, -0.15) is 0 Å². The number of anilines is 1. The number of hydrogen-bond acceptors (Lipinski definition) is 3. The van der Waals surface area contributed by atoms with Crippen LogP contribution in [0, 0.1) is 0 Å². The summed E-state index contributed by atoms with van der Waals surface area (Å²) in [7, 11) is 0. The van der Waals surface area contributed by atoms with Gasteiger partial charge in [-0.1, -0.05) is 12.1 Å². The van der Waals surface area contributed by atoms with Crippen molar-refractivity contribution in [2.75, 3.05) is 18.0 Å². The van der Waals surface area contributed by atoms with Gasteiger partial charge in [-0.3, -0.25) is 9.59 Å². The van der Waals surface area contributed by atoms with E-state index in [1.54, 1.807) is 0 Å². The summed E-state index contributed by atoms with van der Waals surface area (Å²) in [6.07, 6.45) is 5.49. The van der Waals surface area contributed by atoms with Crippen molar-refractivity contribution >= 4 is 29.9 Å². The highest BCUT2D eigenvalue weighted by atomic mass is 35.5. The molecule has 2 N–H and O–H groups in total. The first-order valence-electron chi connectivity index (χ1n) is 8.62. The van der Waals surface area contributed by atoms with Gasteiger partial charge in [0.15, 0.2) is 0 Å². The second-order valence-electron chi connectivity index (χ2n) is 6.42. The summed E-state index contributed by atoms with van der Waals surface area (Å²) >= 11 is 0. The first-order chi connectivity index (χ1) is 11.2. The predicted molar refractivity (Wildman–Crippen MR) is 97.4 cm³/mol. The molecule has 2 aliphatic rings. The van der Waals surface area contributed by atoms with Gasteiger partial charge in [0.2, 0.25) is 11.8 Å². The second kappa shape index (κ2) is 9.04. The number of benzene rings is 1. The molecule has 1 aromatic rings. The molecular weight excluding hydrogens is 326 g/mol. The minimum atomic E-state index is 0. The third-order valence-corrected chi connectivity index (χ3v) is 4.69. The van der Waals surface area contributed by atoms with E-state index in [2.05, 4.69) is 10.6 Å². The molecule has 1 atom stereocenters. The summed E-state index contributed by atoms with van der Waals surface area (Å²) < 4.78 is 0. The van der Waals surface area contributed by atoms with Gasteiger partial charge in [-0.25, -0.2) is 0 Å². The van der Waals surface area contributed by atoms with Gasteiger partial charge in [0.25, 0.3) is 0 Å². The van der Waals surface area contributed by atoms with E-state index in [0.717, 1.165) is 37.2 Å². The molecule has 3 rings (SSSR count). The van der Waals surface area contributed by atoms with Gasteiger partial charge in [0, 0.05) is 37.7 Å². The summed E-state index contributed by atoms with van der Waals surface area (Å²) in [6.45, 7) is 2.44. The first kappa shape index (κ1) is 18.7. The number of hydrogen-bond donors (Lipinski definition) is 2. The Labute approximate surface area is 149 Å². The molecular formula is C18H26ClN3O2. The van der Waals surface area contributed by atoms with Gasteiger partial charge in [-0.05, 0) is 49.9 Å². The maximum absolute atomic E-state index is 11.9. The van der Waals surface area contributed by atoms with Gasteiger partial charge in [-0.15, -0.1) is 12.4 Å². The average molecular weight is 352 g/mol. The Kier molecular flexibility index (Phi) is 7.06. The first-order valence-corrected chi connectivity index (χ1v) is 8.62. The molecule has 2 fully saturated rings. The van der Waals surface area contributed by atoms with E-state index in [-0.39, 0.29) is 24.2 Å². The number of nitrogens with zero attached hydrogens (tertiary/aromatic N) is 1. The van der Waals surface area contributed by atoms with Crippen LogP contribution in [0.4, 0.5) is 5.69 Å². The number of carbonyl (C=O) groups excluding carboxylic acids is 2. The molecule has 0 aliphatic carbocycles. The summed E-state index contributed by atoms with van der Waals surface area (Å²) in [5, 5.41) is 6.38. The number of nitrogens with one attached hydrogen (secondary N) is 2. The number of rotatable bonds is 6. The Bertz CT molecular complexity index is 556. The van der Waals surface area contributed by atoms with Crippen LogP contribution in [0.25, 0.3) is 0 Å². The lowest BCUT2D eigenvalue weighted by atomic mass is 10.1. The van der Waals surface area contributed by atoms with Gasteiger partial charge in [0.1, 0.15) is 0 Å². The largest absolute Gasteiger partial charge is 0.352 e. The predicted octanol–water partition coefficient (Wildman–Crippen LogP) is 2.38. The smallest absolute Gasteiger partial charge is 0.227 e. The third-order valence-electron chi connectivity index (χ3n) is 4.69. The van der Waals surface area contributed by atoms with Crippen LogP contribution in [-0.4, -0.2) is 30.9 Å². The Balaban J connectivity index is 0.00000208. The van der Waals surface area contributed by atoms with Crippen molar-refractivity contribution < 1.29 is 9.59 Å². The molecule has 1 unspecified atom stereocenters. The van der Waals surface area contributed by atoms with Crippen molar-refractivity contribution in [2.45, 2.75) is 51.1 Å². The van der Waals surface area contributed by atoms with E-state index in [4.69, 9.17) is 0 Å². The second-order valence-corrected chi connectivity index (χ2v) is 6.42.